The fraction of sp³-hybridized carbons (Fsp3) is 0.154. The summed E-state index contributed by atoms with van der Waals surface area (Å²) >= 11 is 0. The van der Waals surface area contributed by atoms with Crippen molar-refractivity contribution >= 4 is 28.8 Å². The molecule has 0 bridgehead atoms. The van der Waals surface area contributed by atoms with Crippen molar-refractivity contribution in [2.24, 2.45) is 0 Å². The number of carbonyl (C=O) groups is 2. The van der Waals surface area contributed by atoms with Crippen LogP contribution in [0.5, 0.6) is 5.75 Å². The Morgan fingerprint density at radius 2 is 1.58 bits per heavy atom. The van der Waals surface area contributed by atoms with Gasteiger partial charge in [0.1, 0.15) is 11.4 Å². The molecule has 0 saturated carbocycles. The van der Waals surface area contributed by atoms with Crippen molar-refractivity contribution in [3.8, 4) is 5.75 Å². The van der Waals surface area contributed by atoms with Crippen molar-refractivity contribution in [1.29, 1.82) is 0 Å². The molecule has 2 amide bonds. The van der Waals surface area contributed by atoms with E-state index in [-0.39, 0.29) is 23.1 Å². The molecule has 3 aromatic carbocycles. The number of hydrogen-bond donors (Lipinski definition) is 1. The number of rotatable bonds is 6. The van der Waals surface area contributed by atoms with Gasteiger partial charge in [-0.25, -0.2) is 13.7 Å². The molecule has 0 spiro atoms. The molecule has 1 N–H and O–H groups in total. The first-order chi connectivity index (χ1) is 15.8. The Morgan fingerprint density at radius 1 is 0.879 bits per heavy atom. The fourth-order valence-corrected chi connectivity index (χ4v) is 3.64. The molecule has 1 aliphatic rings. The number of para-hydroxylation sites is 1. The zero-order chi connectivity index (χ0) is 23.7. The first-order valence-corrected chi connectivity index (χ1v) is 10.4. The maximum Gasteiger partial charge on any atom is 0.282 e. The monoisotopic (exact) mass is 448 g/mol. The van der Waals surface area contributed by atoms with E-state index >= 15 is 0 Å². The summed E-state index contributed by atoms with van der Waals surface area (Å²) in [4.78, 5) is 28.0. The van der Waals surface area contributed by atoms with Crippen LogP contribution in [0.15, 0.2) is 72.4 Å². The van der Waals surface area contributed by atoms with Gasteiger partial charge in [-0.3, -0.25) is 9.59 Å². The molecule has 168 valence electrons. The minimum atomic E-state index is -1.06. The second-order valence-corrected chi connectivity index (χ2v) is 7.93. The highest BCUT2D eigenvalue weighted by molar-refractivity contribution is 6.46. The number of nitrogens with zero attached hydrogens (tertiary/aromatic N) is 1. The Hall–Kier alpha value is -4.00. The summed E-state index contributed by atoms with van der Waals surface area (Å²) < 4.78 is 32.8. The number of hydrogen-bond acceptors (Lipinski definition) is 4. The van der Waals surface area contributed by atoms with E-state index < -0.39 is 23.4 Å². The van der Waals surface area contributed by atoms with Gasteiger partial charge >= 0.3 is 0 Å². The second kappa shape index (κ2) is 8.86. The smallest absolute Gasteiger partial charge is 0.282 e. The first-order valence-electron chi connectivity index (χ1n) is 10.4. The summed E-state index contributed by atoms with van der Waals surface area (Å²) in [5.41, 5.74) is 1.94. The summed E-state index contributed by atoms with van der Waals surface area (Å²) in [5, 5.41) is 2.83. The lowest BCUT2D eigenvalue weighted by atomic mass is 10.0. The van der Waals surface area contributed by atoms with Crippen LogP contribution in [0.25, 0.3) is 5.57 Å². The summed E-state index contributed by atoms with van der Waals surface area (Å²) in [6.45, 7) is 5.60. The van der Waals surface area contributed by atoms with Crippen molar-refractivity contribution in [2.75, 3.05) is 10.2 Å². The molecule has 4 rings (SSSR count). The van der Waals surface area contributed by atoms with Gasteiger partial charge < -0.3 is 10.1 Å². The van der Waals surface area contributed by atoms with Gasteiger partial charge in [-0.2, -0.15) is 0 Å². The SMILES string of the molecule is Cc1ccccc1N1C(=O)C(Nc2ccc(F)c(F)c2)=C(c2ccc(OC(C)C)cc2)C1=O. The molecule has 0 fully saturated rings. The van der Waals surface area contributed by atoms with E-state index in [1.165, 1.54) is 6.07 Å². The van der Waals surface area contributed by atoms with Gasteiger partial charge in [0.2, 0.25) is 0 Å². The van der Waals surface area contributed by atoms with Crippen LogP contribution in [0.4, 0.5) is 20.2 Å². The second-order valence-electron chi connectivity index (χ2n) is 7.93. The van der Waals surface area contributed by atoms with E-state index in [4.69, 9.17) is 4.74 Å². The average Bonchev–Trinajstić information content (AvgIpc) is 3.01. The third kappa shape index (κ3) is 4.35. The van der Waals surface area contributed by atoms with Crippen molar-refractivity contribution in [1.82, 2.24) is 0 Å². The molecule has 33 heavy (non-hydrogen) atoms. The van der Waals surface area contributed by atoms with Crippen LogP contribution in [-0.4, -0.2) is 17.9 Å². The minimum absolute atomic E-state index is 0.0214. The Morgan fingerprint density at radius 3 is 2.21 bits per heavy atom. The van der Waals surface area contributed by atoms with Gasteiger partial charge in [0.15, 0.2) is 11.6 Å². The molecule has 0 radical (unpaired) electrons. The maximum atomic E-state index is 13.8. The van der Waals surface area contributed by atoms with E-state index in [0.29, 0.717) is 17.0 Å². The fourth-order valence-electron chi connectivity index (χ4n) is 3.64. The number of benzene rings is 3. The Kier molecular flexibility index (Phi) is 5.96. The van der Waals surface area contributed by atoms with Crippen LogP contribution in [0.3, 0.4) is 0 Å². The minimum Gasteiger partial charge on any atom is -0.491 e. The standard InChI is InChI=1S/C26H22F2N2O3/c1-15(2)33-19-11-8-17(9-12-19)23-24(29-18-10-13-20(27)21(28)14-18)26(32)30(25(23)31)22-7-5-4-6-16(22)3/h4-15,29H,1-3H3. The highest BCUT2D eigenvalue weighted by atomic mass is 19.2. The van der Waals surface area contributed by atoms with E-state index in [1.807, 2.05) is 19.9 Å². The zero-order valence-corrected chi connectivity index (χ0v) is 18.4. The summed E-state index contributed by atoms with van der Waals surface area (Å²) in [6.07, 6.45) is -0.0214. The van der Waals surface area contributed by atoms with Crippen molar-refractivity contribution < 1.29 is 23.1 Å². The Bertz CT molecular complexity index is 1270. The van der Waals surface area contributed by atoms with Gasteiger partial charge in [0.25, 0.3) is 11.8 Å². The number of anilines is 2. The molecular formula is C26H22F2N2O3. The van der Waals surface area contributed by atoms with E-state index in [1.54, 1.807) is 49.4 Å². The molecule has 0 aromatic heterocycles. The quantitative estimate of drug-likeness (QED) is 0.509. The van der Waals surface area contributed by atoms with Crippen molar-refractivity contribution in [2.45, 2.75) is 26.9 Å². The number of amides is 2. The molecule has 0 aliphatic carbocycles. The van der Waals surface area contributed by atoms with E-state index in [0.717, 1.165) is 22.6 Å². The number of ether oxygens (including phenoxy) is 1. The van der Waals surface area contributed by atoms with E-state index in [9.17, 15) is 18.4 Å². The molecule has 3 aromatic rings. The van der Waals surface area contributed by atoms with Gasteiger partial charge in [-0.15, -0.1) is 0 Å². The number of aryl methyl sites for hydroxylation is 1. The predicted molar refractivity (Wildman–Crippen MR) is 123 cm³/mol. The molecule has 0 atom stereocenters. The largest absolute Gasteiger partial charge is 0.491 e. The topological polar surface area (TPSA) is 58.6 Å². The van der Waals surface area contributed by atoms with Crippen LogP contribution in [0, 0.1) is 18.6 Å². The average molecular weight is 448 g/mol. The highest BCUT2D eigenvalue weighted by Crippen LogP contribution is 2.35. The summed E-state index contributed by atoms with van der Waals surface area (Å²) in [5.74, 6) is -2.55. The van der Waals surface area contributed by atoms with Gasteiger partial charge in [0.05, 0.1) is 17.4 Å². The third-order valence-corrected chi connectivity index (χ3v) is 5.14. The first kappa shape index (κ1) is 22.2. The lowest BCUT2D eigenvalue weighted by molar-refractivity contribution is -0.120. The lowest BCUT2D eigenvalue weighted by Gasteiger charge is -2.17. The van der Waals surface area contributed by atoms with Gasteiger partial charge in [0, 0.05) is 11.8 Å². The van der Waals surface area contributed by atoms with Crippen LogP contribution in [0.1, 0.15) is 25.0 Å². The number of nitrogens with one attached hydrogen (secondary N) is 1. The molecule has 0 saturated heterocycles. The third-order valence-electron chi connectivity index (χ3n) is 5.14. The van der Waals surface area contributed by atoms with Gasteiger partial charge in [-0.1, -0.05) is 30.3 Å². The Balaban J connectivity index is 1.80. The maximum absolute atomic E-state index is 13.8. The predicted octanol–water partition coefficient (Wildman–Crippen LogP) is 5.46. The summed E-state index contributed by atoms with van der Waals surface area (Å²) in [6, 6.07) is 17.0. The molecule has 1 aliphatic heterocycles. The van der Waals surface area contributed by atoms with Crippen LogP contribution >= 0.6 is 0 Å². The van der Waals surface area contributed by atoms with Crippen LogP contribution in [-0.2, 0) is 9.59 Å². The lowest BCUT2D eigenvalue weighted by Crippen LogP contribution is -2.33. The normalized spacial score (nSPS) is 13.8. The Labute approximate surface area is 190 Å². The van der Waals surface area contributed by atoms with Crippen LogP contribution in [0.2, 0.25) is 0 Å². The molecule has 1 heterocycles. The number of carbonyl (C=O) groups excluding carboxylic acids is 2. The van der Waals surface area contributed by atoms with Crippen molar-refractivity contribution in [3.05, 3.63) is 95.2 Å². The zero-order valence-electron chi connectivity index (χ0n) is 18.4. The molecule has 0 unspecified atom stereocenters. The van der Waals surface area contributed by atoms with Crippen molar-refractivity contribution in [3.63, 3.8) is 0 Å². The highest BCUT2D eigenvalue weighted by Gasteiger charge is 2.40. The van der Waals surface area contributed by atoms with Crippen LogP contribution < -0.4 is 15.0 Å². The van der Waals surface area contributed by atoms with E-state index in [2.05, 4.69) is 5.32 Å². The summed E-state index contributed by atoms with van der Waals surface area (Å²) in [7, 11) is 0. The number of imide groups is 1. The molecule has 7 heteroatoms. The molecular weight excluding hydrogens is 426 g/mol. The molecule has 5 nitrogen and oxygen atoms in total. The number of halogens is 2. The van der Waals surface area contributed by atoms with Gasteiger partial charge in [-0.05, 0) is 62.2 Å².